The van der Waals surface area contributed by atoms with Crippen LogP contribution in [0.25, 0.3) is 11.1 Å². The summed E-state index contributed by atoms with van der Waals surface area (Å²) in [6, 6.07) is 24.1. The summed E-state index contributed by atoms with van der Waals surface area (Å²) in [4.78, 5) is 24.3. The van der Waals surface area contributed by atoms with E-state index < -0.39 is 5.97 Å². The van der Waals surface area contributed by atoms with Crippen LogP contribution in [0.5, 0.6) is 0 Å². The highest BCUT2D eigenvalue weighted by Gasteiger charge is 2.14. The molecular weight excluding hydrogens is 380 g/mol. The summed E-state index contributed by atoms with van der Waals surface area (Å²) < 4.78 is 5.76. The second-order valence-electron chi connectivity index (χ2n) is 5.42. The Bertz CT molecular complexity index is 887. The Balaban J connectivity index is 1.64. The van der Waals surface area contributed by atoms with Crippen LogP contribution in [0.1, 0.15) is 20.7 Å². The van der Waals surface area contributed by atoms with Gasteiger partial charge in [-0.25, -0.2) is 4.79 Å². The summed E-state index contributed by atoms with van der Waals surface area (Å²) in [5.74, 6) is -0.762. The van der Waals surface area contributed by atoms with E-state index in [0.29, 0.717) is 15.6 Å². The number of ether oxygens (including phenoxy) is 1. The van der Waals surface area contributed by atoms with E-state index in [9.17, 15) is 9.59 Å². The number of rotatable bonds is 5. The van der Waals surface area contributed by atoms with Crippen molar-refractivity contribution in [2.24, 2.45) is 0 Å². The van der Waals surface area contributed by atoms with Crippen LogP contribution in [0.15, 0.2) is 83.3 Å². The van der Waals surface area contributed by atoms with Gasteiger partial charge in [0.1, 0.15) is 0 Å². The molecule has 124 valence electrons. The van der Waals surface area contributed by atoms with Gasteiger partial charge in [0.2, 0.25) is 0 Å². The molecular formula is C21H15BrO3. The van der Waals surface area contributed by atoms with E-state index >= 15 is 0 Å². The minimum absolute atomic E-state index is 0.236. The Morgan fingerprint density at radius 1 is 0.760 bits per heavy atom. The molecule has 0 atom stereocenters. The molecule has 0 spiro atoms. The van der Waals surface area contributed by atoms with Crippen molar-refractivity contribution in [2.75, 3.05) is 6.61 Å². The van der Waals surface area contributed by atoms with Gasteiger partial charge >= 0.3 is 5.97 Å². The highest BCUT2D eigenvalue weighted by atomic mass is 79.9. The lowest BCUT2D eigenvalue weighted by Gasteiger charge is -2.07. The summed E-state index contributed by atoms with van der Waals surface area (Å²) in [6.45, 7) is -0.287. The lowest BCUT2D eigenvalue weighted by molar-refractivity contribution is 0.0474. The molecule has 4 heteroatoms. The fourth-order valence-corrected chi connectivity index (χ4v) is 2.84. The number of ketones is 1. The van der Waals surface area contributed by atoms with Crippen LogP contribution in [-0.2, 0) is 4.74 Å². The van der Waals surface area contributed by atoms with Gasteiger partial charge in [-0.05, 0) is 39.2 Å². The van der Waals surface area contributed by atoms with Crippen molar-refractivity contribution in [2.45, 2.75) is 0 Å². The minimum atomic E-state index is -0.526. The van der Waals surface area contributed by atoms with Crippen LogP contribution < -0.4 is 0 Å². The largest absolute Gasteiger partial charge is 0.454 e. The number of esters is 1. The summed E-state index contributed by atoms with van der Waals surface area (Å²) in [5, 5.41) is 0. The molecule has 0 bridgehead atoms. The average Bonchev–Trinajstić information content (AvgIpc) is 2.67. The number of hydrogen-bond donors (Lipinski definition) is 0. The van der Waals surface area contributed by atoms with Gasteiger partial charge in [0.15, 0.2) is 12.4 Å². The number of halogens is 1. The number of carbonyl (C=O) groups is 2. The topological polar surface area (TPSA) is 43.4 Å². The second-order valence-corrected chi connectivity index (χ2v) is 6.28. The lowest BCUT2D eigenvalue weighted by atomic mass is 10.0. The van der Waals surface area contributed by atoms with Gasteiger partial charge in [-0.2, -0.15) is 0 Å². The smallest absolute Gasteiger partial charge is 0.339 e. The molecule has 0 aliphatic heterocycles. The molecule has 3 nitrogen and oxygen atoms in total. The quantitative estimate of drug-likeness (QED) is 0.443. The van der Waals surface area contributed by atoms with Crippen molar-refractivity contribution in [3.63, 3.8) is 0 Å². The predicted molar refractivity (Wildman–Crippen MR) is 101 cm³/mol. The van der Waals surface area contributed by atoms with Crippen LogP contribution in [0.4, 0.5) is 0 Å². The minimum Gasteiger partial charge on any atom is -0.454 e. The standard InChI is InChI=1S/C21H15BrO3/c22-19-9-5-4-8-18(19)21(24)25-14-20(23)17-12-10-16(11-13-17)15-6-2-1-3-7-15/h1-13H,14H2. The van der Waals surface area contributed by atoms with Gasteiger partial charge in [0, 0.05) is 10.0 Å². The molecule has 3 aromatic rings. The Labute approximate surface area is 154 Å². The predicted octanol–water partition coefficient (Wildman–Crippen LogP) is 5.16. The first-order valence-corrected chi connectivity index (χ1v) is 8.55. The van der Waals surface area contributed by atoms with E-state index in [4.69, 9.17) is 4.74 Å². The number of hydrogen-bond acceptors (Lipinski definition) is 3. The SMILES string of the molecule is O=C(COC(=O)c1ccccc1Br)c1ccc(-c2ccccc2)cc1. The van der Waals surface area contributed by atoms with Crippen LogP contribution in [0.2, 0.25) is 0 Å². The Kier molecular flexibility index (Phi) is 5.41. The molecule has 0 saturated carbocycles. The molecule has 0 amide bonds. The highest BCUT2D eigenvalue weighted by molar-refractivity contribution is 9.10. The van der Waals surface area contributed by atoms with Crippen LogP contribution >= 0.6 is 15.9 Å². The van der Waals surface area contributed by atoms with Crippen molar-refractivity contribution < 1.29 is 14.3 Å². The fourth-order valence-electron chi connectivity index (χ4n) is 2.40. The van der Waals surface area contributed by atoms with E-state index in [-0.39, 0.29) is 12.4 Å². The third kappa shape index (κ3) is 4.22. The maximum atomic E-state index is 12.2. The molecule has 0 N–H and O–H groups in total. The molecule has 0 heterocycles. The zero-order valence-electron chi connectivity index (χ0n) is 13.3. The van der Waals surface area contributed by atoms with E-state index in [0.717, 1.165) is 11.1 Å². The van der Waals surface area contributed by atoms with Gasteiger partial charge in [0.25, 0.3) is 0 Å². The Morgan fingerprint density at radius 2 is 1.36 bits per heavy atom. The normalized spacial score (nSPS) is 10.3. The van der Waals surface area contributed by atoms with E-state index in [1.54, 1.807) is 36.4 Å². The number of benzene rings is 3. The molecule has 0 unspecified atom stereocenters. The number of carbonyl (C=O) groups excluding carboxylic acids is 2. The third-order valence-corrected chi connectivity index (χ3v) is 4.43. The average molecular weight is 395 g/mol. The molecule has 0 aromatic heterocycles. The molecule has 3 rings (SSSR count). The first-order chi connectivity index (χ1) is 12.1. The van der Waals surface area contributed by atoms with Gasteiger partial charge in [-0.15, -0.1) is 0 Å². The maximum Gasteiger partial charge on any atom is 0.339 e. The highest BCUT2D eigenvalue weighted by Crippen LogP contribution is 2.20. The summed E-state index contributed by atoms with van der Waals surface area (Å²) >= 11 is 3.29. The van der Waals surface area contributed by atoms with Gasteiger partial charge in [-0.1, -0.05) is 66.7 Å². The first kappa shape index (κ1) is 17.1. The van der Waals surface area contributed by atoms with Crippen molar-refractivity contribution >= 4 is 27.7 Å². The van der Waals surface area contributed by atoms with Gasteiger partial charge in [0.05, 0.1) is 5.56 Å². The summed E-state index contributed by atoms with van der Waals surface area (Å²) in [7, 11) is 0. The van der Waals surface area contributed by atoms with Crippen molar-refractivity contribution in [1.29, 1.82) is 0 Å². The molecule has 3 aromatic carbocycles. The van der Waals surface area contributed by atoms with Gasteiger partial charge in [-0.3, -0.25) is 4.79 Å². The fraction of sp³-hybridized carbons (Fsp3) is 0.0476. The van der Waals surface area contributed by atoms with Gasteiger partial charge < -0.3 is 4.74 Å². The zero-order chi connectivity index (χ0) is 17.6. The first-order valence-electron chi connectivity index (χ1n) is 7.75. The Morgan fingerprint density at radius 3 is 2.04 bits per heavy atom. The molecule has 25 heavy (non-hydrogen) atoms. The maximum absolute atomic E-state index is 12.2. The van der Waals surface area contributed by atoms with Crippen molar-refractivity contribution in [3.05, 3.63) is 94.5 Å². The third-order valence-electron chi connectivity index (χ3n) is 3.74. The monoisotopic (exact) mass is 394 g/mol. The molecule has 0 saturated heterocycles. The summed E-state index contributed by atoms with van der Waals surface area (Å²) in [5.41, 5.74) is 3.03. The van der Waals surface area contributed by atoms with Crippen molar-refractivity contribution in [3.8, 4) is 11.1 Å². The van der Waals surface area contributed by atoms with Crippen LogP contribution in [0, 0.1) is 0 Å². The van der Waals surface area contributed by atoms with E-state index in [1.807, 2.05) is 42.5 Å². The molecule has 0 fully saturated rings. The van der Waals surface area contributed by atoms with Crippen LogP contribution in [0.3, 0.4) is 0 Å². The lowest BCUT2D eigenvalue weighted by Crippen LogP contribution is -2.14. The second kappa shape index (κ2) is 7.90. The molecule has 0 aliphatic rings. The molecule has 0 aliphatic carbocycles. The van der Waals surface area contributed by atoms with Crippen molar-refractivity contribution in [1.82, 2.24) is 0 Å². The number of Topliss-reactive ketones (excluding diaryl/α,β-unsaturated/α-hetero) is 1. The zero-order valence-corrected chi connectivity index (χ0v) is 14.9. The van der Waals surface area contributed by atoms with Crippen LogP contribution in [-0.4, -0.2) is 18.4 Å². The van der Waals surface area contributed by atoms with E-state index in [1.165, 1.54) is 0 Å². The molecule has 0 radical (unpaired) electrons. The Hall–Kier alpha value is -2.72. The van der Waals surface area contributed by atoms with E-state index in [2.05, 4.69) is 15.9 Å². The summed E-state index contributed by atoms with van der Waals surface area (Å²) in [6.07, 6.45) is 0.